The molecule has 0 saturated carbocycles. The molecule has 0 N–H and O–H groups in total. The fourth-order valence-electron chi connectivity index (χ4n) is 3.00. The largest absolute Gasteiger partial charge is 0.381 e. The molecule has 0 spiro atoms. The zero-order chi connectivity index (χ0) is 18.7. The molecular weight excluding hydrogens is 333 g/mol. The molecule has 0 fully saturated rings. The Balaban J connectivity index is 1.65. The molecule has 0 radical (unpaired) electrons. The van der Waals surface area contributed by atoms with Crippen molar-refractivity contribution in [2.24, 2.45) is 11.1 Å². The van der Waals surface area contributed by atoms with Crippen LogP contribution in [-0.2, 0) is 16.1 Å². The molecule has 0 aliphatic carbocycles. The number of rotatable bonds is 5. The van der Waals surface area contributed by atoms with Crippen molar-refractivity contribution in [3.8, 4) is 0 Å². The van der Waals surface area contributed by atoms with Gasteiger partial charge in [0.1, 0.15) is 5.82 Å². The fourth-order valence-corrected chi connectivity index (χ4v) is 3.00. The topological polar surface area (TPSA) is 54.8 Å². The molecule has 0 saturated heterocycles. The lowest BCUT2D eigenvalue weighted by atomic mass is 9.93. The Labute approximate surface area is 152 Å². The first kappa shape index (κ1) is 18.0. The van der Waals surface area contributed by atoms with Gasteiger partial charge in [0.2, 0.25) is 6.10 Å². The van der Waals surface area contributed by atoms with Gasteiger partial charge >= 0.3 is 0 Å². The molecule has 3 atom stereocenters. The summed E-state index contributed by atoms with van der Waals surface area (Å²) < 4.78 is 13.1. The third-order valence-electron chi connectivity index (χ3n) is 4.77. The van der Waals surface area contributed by atoms with E-state index in [1.54, 1.807) is 30.3 Å². The van der Waals surface area contributed by atoms with Gasteiger partial charge in [-0.25, -0.2) is 4.39 Å². The van der Waals surface area contributed by atoms with Gasteiger partial charge in [-0.2, -0.15) is 0 Å². The minimum atomic E-state index is -0.675. The summed E-state index contributed by atoms with van der Waals surface area (Å²) in [6.07, 6.45) is 1.73. The molecule has 26 heavy (non-hydrogen) atoms. The summed E-state index contributed by atoms with van der Waals surface area (Å²) in [6, 6.07) is 11.8. The molecule has 1 aromatic carbocycles. The van der Waals surface area contributed by atoms with Crippen molar-refractivity contribution in [3.63, 3.8) is 0 Å². The van der Waals surface area contributed by atoms with Crippen LogP contribution in [0.1, 0.15) is 25.1 Å². The summed E-state index contributed by atoms with van der Waals surface area (Å²) in [6.45, 7) is 3.88. The highest BCUT2D eigenvalue weighted by Gasteiger charge is 2.39. The van der Waals surface area contributed by atoms with Gasteiger partial charge in [-0.15, -0.1) is 0 Å². The van der Waals surface area contributed by atoms with Gasteiger partial charge in [0.05, 0.1) is 11.6 Å². The van der Waals surface area contributed by atoms with Gasteiger partial charge in [-0.05, 0) is 36.8 Å². The summed E-state index contributed by atoms with van der Waals surface area (Å²) in [4.78, 5) is 24.3. The maximum Gasteiger partial charge on any atom is 0.267 e. The van der Waals surface area contributed by atoms with Gasteiger partial charge < -0.3 is 9.74 Å². The Kier molecular flexibility index (Phi) is 5.30. The zero-order valence-electron chi connectivity index (χ0n) is 15.1. The zero-order valence-corrected chi connectivity index (χ0v) is 15.1. The summed E-state index contributed by atoms with van der Waals surface area (Å²) in [5.74, 6) is -0.643. The average molecular weight is 355 g/mol. The van der Waals surface area contributed by atoms with E-state index < -0.39 is 6.10 Å². The van der Waals surface area contributed by atoms with Gasteiger partial charge in [0.25, 0.3) is 5.91 Å². The molecule has 2 heterocycles. The third-order valence-corrected chi connectivity index (χ3v) is 4.77. The van der Waals surface area contributed by atoms with Crippen LogP contribution in [0.4, 0.5) is 4.39 Å². The van der Waals surface area contributed by atoms with E-state index in [9.17, 15) is 9.18 Å². The van der Waals surface area contributed by atoms with Crippen LogP contribution in [0, 0.1) is 11.7 Å². The van der Waals surface area contributed by atoms with Crippen LogP contribution < -0.4 is 0 Å². The van der Waals surface area contributed by atoms with Gasteiger partial charge in [0.15, 0.2) is 0 Å². The quantitative estimate of drug-likeness (QED) is 0.828. The molecule has 136 valence electrons. The smallest absolute Gasteiger partial charge is 0.267 e. The first-order chi connectivity index (χ1) is 12.5. The lowest BCUT2D eigenvalue weighted by Crippen LogP contribution is -2.45. The van der Waals surface area contributed by atoms with E-state index in [1.807, 2.05) is 32.0 Å². The minimum Gasteiger partial charge on any atom is -0.381 e. The minimum absolute atomic E-state index is 0.0249. The second-order valence-corrected chi connectivity index (χ2v) is 6.62. The van der Waals surface area contributed by atoms with Crippen molar-refractivity contribution in [1.82, 2.24) is 9.88 Å². The van der Waals surface area contributed by atoms with Crippen LogP contribution in [0.5, 0.6) is 0 Å². The number of carbonyl (C=O) groups is 1. The average Bonchev–Trinajstić information content (AvgIpc) is 3.03. The number of benzene rings is 1. The predicted octanol–water partition coefficient (Wildman–Crippen LogP) is 3.05. The maximum atomic E-state index is 13.1. The first-order valence-electron chi connectivity index (χ1n) is 8.63. The number of oxime groups is 1. The van der Waals surface area contributed by atoms with Gasteiger partial charge in [0, 0.05) is 31.4 Å². The maximum absolute atomic E-state index is 13.1. The standard InChI is InChI=1S/C20H22FN3O2/c1-13(12-17-6-4-5-11-22-17)24(3)20(25)19-14(2)18(23-26-19)15-7-9-16(21)10-8-15/h4-11,13-14,19H,12H2,1-3H3/t13-,14+,19-/m0/s1. The lowest BCUT2D eigenvalue weighted by molar-refractivity contribution is -0.144. The van der Waals surface area contributed by atoms with Crippen molar-refractivity contribution in [1.29, 1.82) is 0 Å². The molecular formula is C20H22FN3O2. The number of likely N-dealkylation sites (N-methyl/N-ethyl adjacent to an activating group) is 1. The third kappa shape index (κ3) is 3.74. The SMILES string of the molecule is C[C@@H]1C(c2ccc(F)cc2)=NO[C@@H]1C(=O)N(C)[C@@H](C)Cc1ccccn1. The van der Waals surface area contributed by atoms with Crippen LogP contribution in [0.3, 0.4) is 0 Å². The van der Waals surface area contributed by atoms with Crippen molar-refractivity contribution in [2.45, 2.75) is 32.4 Å². The van der Waals surface area contributed by atoms with E-state index in [0.29, 0.717) is 12.1 Å². The van der Waals surface area contributed by atoms with Gasteiger partial charge in [-0.1, -0.05) is 30.3 Å². The molecule has 2 aromatic rings. The normalized spacial score (nSPS) is 20.2. The van der Waals surface area contributed by atoms with E-state index in [2.05, 4.69) is 10.1 Å². The van der Waals surface area contributed by atoms with Gasteiger partial charge in [-0.3, -0.25) is 9.78 Å². The second kappa shape index (κ2) is 7.64. The number of pyridine rings is 1. The summed E-state index contributed by atoms with van der Waals surface area (Å²) >= 11 is 0. The number of amides is 1. The Bertz CT molecular complexity index is 792. The number of halogens is 1. The van der Waals surface area contributed by atoms with Crippen LogP contribution in [0.2, 0.25) is 0 Å². The highest BCUT2D eigenvalue weighted by Crippen LogP contribution is 2.25. The Morgan fingerprint density at radius 3 is 2.65 bits per heavy atom. The molecule has 3 rings (SSSR count). The molecule has 6 heteroatoms. The van der Waals surface area contributed by atoms with Crippen molar-refractivity contribution >= 4 is 11.6 Å². The molecule has 1 aromatic heterocycles. The van der Waals surface area contributed by atoms with E-state index in [4.69, 9.17) is 4.84 Å². The number of hydrogen-bond acceptors (Lipinski definition) is 4. The Hall–Kier alpha value is -2.76. The number of carbonyl (C=O) groups excluding carboxylic acids is 1. The van der Waals surface area contributed by atoms with Crippen molar-refractivity contribution < 1.29 is 14.0 Å². The summed E-state index contributed by atoms with van der Waals surface area (Å²) in [7, 11) is 1.77. The predicted molar refractivity (Wildman–Crippen MR) is 97.1 cm³/mol. The van der Waals surface area contributed by atoms with Crippen LogP contribution >= 0.6 is 0 Å². The van der Waals surface area contributed by atoms with E-state index in [1.165, 1.54) is 12.1 Å². The molecule has 1 amide bonds. The van der Waals surface area contributed by atoms with E-state index in [-0.39, 0.29) is 23.7 Å². The van der Waals surface area contributed by atoms with Crippen LogP contribution in [0.15, 0.2) is 53.8 Å². The summed E-state index contributed by atoms with van der Waals surface area (Å²) in [5, 5.41) is 4.08. The molecule has 5 nitrogen and oxygen atoms in total. The lowest BCUT2D eigenvalue weighted by Gasteiger charge is -2.27. The number of aromatic nitrogens is 1. The molecule has 1 aliphatic heterocycles. The highest BCUT2D eigenvalue weighted by atomic mass is 19.1. The fraction of sp³-hybridized carbons (Fsp3) is 0.350. The van der Waals surface area contributed by atoms with E-state index >= 15 is 0 Å². The Morgan fingerprint density at radius 1 is 1.27 bits per heavy atom. The number of hydrogen-bond donors (Lipinski definition) is 0. The van der Waals surface area contributed by atoms with Crippen molar-refractivity contribution in [2.75, 3.05) is 7.05 Å². The first-order valence-corrected chi connectivity index (χ1v) is 8.63. The van der Waals surface area contributed by atoms with Crippen LogP contribution in [0.25, 0.3) is 0 Å². The van der Waals surface area contributed by atoms with Crippen LogP contribution in [-0.4, -0.2) is 40.7 Å². The monoisotopic (exact) mass is 355 g/mol. The molecule has 0 bridgehead atoms. The van der Waals surface area contributed by atoms with E-state index in [0.717, 1.165) is 11.3 Å². The second-order valence-electron chi connectivity index (χ2n) is 6.62. The highest BCUT2D eigenvalue weighted by molar-refractivity contribution is 6.05. The van der Waals surface area contributed by atoms with Crippen molar-refractivity contribution in [3.05, 3.63) is 65.7 Å². The number of nitrogens with zero attached hydrogens (tertiary/aromatic N) is 3. The Morgan fingerprint density at radius 2 is 2.00 bits per heavy atom. The summed E-state index contributed by atoms with van der Waals surface area (Å²) in [5.41, 5.74) is 2.36. The molecule has 0 unspecified atom stereocenters. The molecule has 1 aliphatic rings.